The third-order valence-corrected chi connectivity index (χ3v) is 6.96. The van der Waals surface area contributed by atoms with Gasteiger partial charge in [-0.2, -0.15) is 4.31 Å². The number of aryl methyl sites for hydroxylation is 1. The number of rotatable bonds is 7. The predicted molar refractivity (Wildman–Crippen MR) is 114 cm³/mol. The van der Waals surface area contributed by atoms with Crippen LogP contribution in [0.5, 0.6) is 5.75 Å². The molecule has 7 heteroatoms. The minimum Gasteiger partial charge on any atom is -0.497 e. The van der Waals surface area contributed by atoms with Crippen LogP contribution in [0.2, 0.25) is 0 Å². The molecule has 0 aromatic heterocycles. The first kappa shape index (κ1) is 21.1. The highest BCUT2D eigenvalue weighted by atomic mass is 32.2. The molecule has 2 aromatic carbocycles. The van der Waals surface area contributed by atoms with Crippen LogP contribution in [0.1, 0.15) is 18.9 Å². The van der Waals surface area contributed by atoms with Crippen molar-refractivity contribution in [2.24, 2.45) is 0 Å². The first-order valence-electron chi connectivity index (χ1n) is 9.53. The summed E-state index contributed by atoms with van der Waals surface area (Å²) >= 11 is 0. The van der Waals surface area contributed by atoms with Crippen molar-refractivity contribution >= 4 is 21.6 Å². The van der Waals surface area contributed by atoms with Crippen LogP contribution in [0.3, 0.4) is 0 Å². The number of carbonyl (C=O) groups excluding carboxylic acids is 1. The summed E-state index contributed by atoms with van der Waals surface area (Å²) in [4.78, 5) is 15.0. The van der Waals surface area contributed by atoms with Crippen molar-refractivity contribution < 1.29 is 17.9 Å². The van der Waals surface area contributed by atoms with Crippen molar-refractivity contribution in [3.8, 4) is 5.75 Å². The van der Waals surface area contributed by atoms with Crippen LogP contribution in [-0.4, -0.2) is 44.9 Å². The van der Waals surface area contributed by atoms with E-state index in [0.29, 0.717) is 5.75 Å². The number of nitrogens with zero attached hydrogens (tertiary/aromatic N) is 2. The Morgan fingerprint density at radius 3 is 2.59 bits per heavy atom. The molecule has 154 valence electrons. The lowest BCUT2D eigenvalue weighted by molar-refractivity contribution is -0.119. The fourth-order valence-electron chi connectivity index (χ4n) is 3.58. The molecular formula is C22H26N2O4S. The zero-order valence-electron chi connectivity index (χ0n) is 16.7. The second-order valence-electron chi connectivity index (χ2n) is 7.04. The number of hydrogen-bond acceptors (Lipinski definition) is 4. The van der Waals surface area contributed by atoms with Gasteiger partial charge >= 0.3 is 0 Å². The third kappa shape index (κ3) is 4.36. The molecule has 0 aliphatic carbocycles. The Morgan fingerprint density at radius 2 is 1.93 bits per heavy atom. The van der Waals surface area contributed by atoms with Gasteiger partial charge in [0.05, 0.1) is 18.6 Å². The second kappa shape index (κ2) is 8.80. The number of fused-ring (bicyclic) bond motifs is 1. The standard InChI is InChI=1S/C22H26N2O4S/c1-4-15-23(29(26,27)20-13-11-19(28-3)12-14-20)16-22(25)24-17(2)9-10-18-7-5-6-8-21(18)24/h4-8,11-14,17H,1,9-10,15-16H2,2-3H3. The molecule has 6 nitrogen and oxygen atoms in total. The molecule has 1 amide bonds. The first-order chi connectivity index (χ1) is 13.9. The van der Waals surface area contributed by atoms with Gasteiger partial charge in [0.15, 0.2) is 0 Å². The minimum atomic E-state index is -3.86. The molecule has 1 aliphatic rings. The van der Waals surface area contributed by atoms with E-state index >= 15 is 0 Å². The van der Waals surface area contributed by atoms with Gasteiger partial charge < -0.3 is 9.64 Å². The van der Waals surface area contributed by atoms with Gasteiger partial charge in [-0.25, -0.2) is 8.42 Å². The maximum absolute atomic E-state index is 13.2. The van der Waals surface area contributed by atoms with Gasteiger partial charge in [-0.15, -0.1) is 6.58 Å². The normalized spacial score (nSPS) is 16.4. The molecule has 2 aromatic rings. The second-order valence-corrected chi connectivity index (χ2v) is 8.98. The first-order valence-corrected chi connectivity index (χ1v) is 11.0. The van der Waals surface area contributed by atoms with Gasteiger partial charge in [-0.3, -0.25) is 4.79 Å². The maximum Gasteiger partial charge on any atom is 0.243 e. The quantitative estimate of drug-likeness (QED) is 0.653. The van der Waals surface area contributed by atoms with Crippen molar-refractivity contribution in [3.05, 3.63) is 66.7 Å². The molecule has 0 N–H and O–H groups in total. The third-order valence-electron chi connectivity index (χ3n) is 5.13. The summed E-state index contributed by atoms with van der Waals surface area (Å²) in [5, 5.41) is 0. The van der Waals surface area contributed by atoms with E-state index in [1.165, 1.54) is 25.3 Å². The molecule has 0 spiro atoms. The predicted octanol–water partition coefficient (Wildman–Crippen LogP) is 3.24. The summed E-state index contributed by atoms with van der Waals surface area (Å²) < 4.78 is 32.5. The number of sulfonamides is 1. The zero-order chi connectivity index (χ0) is 21.0. The summed E-state index contributed by atoms with van der Waals surface area (Å²) in [5.41, 5.74) is 1.96. The summed E-state index contributed by atoms with van der Waals surface area (Å²) in [7, 11) is -2.34. The van der Waals surface area contributed by atoms with Gasteiger partial charge in [0, 0.05) is 18.3 Å². The van der Waals surface area contributed by atoms with E-state index in [9.17, 15) is 13.2 Å². The molecule has 0 fully saturated rings. The van der Waals surface area contributed by atoms with Gasteiger partial charge in [0.1, 0.15) is 5.75 Å². The van der Waals surface area contributed by atoms with Crippen LogP contribution >= 0.6 is 0 Å². The highest BCUT2D eigenvalue weighted by molar-refractivity contribution is 7.89. The number of methoxy groups -OCH3 is 1. The minimum absolute atomic E-state index is 0.00618. The number of benzene rings is 2. The number of carbonyl (C=O) groups is 1. The molecule has 3 rings (SSSR count). The average Bonchev–Trinajstić information content (AvgIpc) is 2.73. The van der Waals surface area contributed by atoms with Gasteiger partial charge in [-0.05, 0) is 55.7 Å². The fourth-order valence-corrected chi connectivity index (χ4v) is 4.94. The Labute approximate surface area is 172 Å². The van der Waals surface area contributed by atoms with Gasteiger partial charge in [0.2, 0.25) is 15.9 Å². The van der Waals surface area contributed by atoms with E-state index in [1.54, 1.807) is 17.0 Å². The number of para-hydroxylation sites is 1. The van der Waals surface area contributed by atoms with Gasteiger partial charge in [0.25, 0.3) is 0 Å². The van der Waals surface area contributed by atoms with E-state index < -0.39 is 10.0 Å². The molecule has 29 heavy (non-hydrogen) atoms. The fraction of sp³-hybridized carbons (Fsp3) is 0.318. The smallest absolute Gasteiger partial charge is 0.243 e. The maximum atomic E-state index is 13.2. The van der Waals surface area contributed by atoms with E-state index in [1.807, 2.05) is 31.2 Å². The Morgan fingerprint density at radius 1 is 1.24 bits per heavy atom. The highest BCUT2D eigenvalue weighted by Gasteiger charge is 2.32. The lowest BCUT2D eigenvalue weighted by Crippen LogP contribution is -2.48. The van der Waals surface area contributed by atoms with Crippen molar-refractivity contribution in [2.75, 3.05) is 25.1 Å². The summed E-state index contributed by atoms with van der Waals surface area (Å²) in [5.74, 6) is 0.317. The Kier molecular flexibility index (Phi) is 6.39. The summed E-state index contributed by atoms with van der Waals surface area (Å²) in [6.45, 7) is 5.44. The Bertz CT molecular complexity index is 986. The summed E-state index contributed by atoms with van der Waals surface area (Å²) in [6.07, 6.45) is 3.24. The molecule has 1 unspecified atom stereocenters. The van der Waals surface area contributed by atoms with Crippen LogP contribution in [0, 0.1) is 0 Å². The number of anilines is 1. The molecule has 0 saturated heterocycles. The molecule has 0 saturated carbocycles. The van der Waals surface area contributed by atoms with Crippen molar-refractivity contribution in [2.45, 2.75) is 30.7 Å². The molecule has 0 radical (unpaired) electrons. The lowest BCUT2D eigenvalue weighted by atomic mass is 9.96. The molecule has 1 heterocycles. The number of ether oxygens (including phenoxy) is 1. The van der Waals surface area contributed by atoms with E-state index in [0.717, 1.165) is 28.4 Å². The molecule has 1 atom stereocenters. The van der Waals surface area contributed by atoms with Crippen molar-refractivity contribution in [1.29, 1.82) is 0 Å². The van der Waals surface area contributed by atoms with Crippen LogP contribution in [0.15, 0.2) is 66.1 Å². The molecular weight excluding hydrogens is 388 g/mol. The largest absolute Gasteiger partial charge is 0.497 e. The van der Waals surface area contributed by atoms with E-state index in [-0.39, 0.29) is 29.9 Å². The number of hydrogen-bond donors (Lipinski definition) is 0. The monoisotopic (exact) mass is 414 g/mol. The van der Waals surface area contributed by atoms with Crippen LogP contribution in [-0.2, 0) is 21.2 Å². The molecule has 1 aliphatic heterocycles. The lowest BCUT2D eigenvalue weighted by Gasteiger charge is -2.36. The Hall–Kier alpha value is -2.64. The topological polar surface area (TPSA) is 66.9 Å². The number of amides is 1. The average molecular weight is 415 g/mol. The van der Waals surface area contributed by atoms with Crippen LogP contribution < -0.4 is 9.64 Å². The van der Waals surface area contributed by atoms with Crippen LogP contribution in [0.25, 0.3) is 0 Å². The Balaban J connectivity index is 1.88. The SMILES string of the molecule is C=CCN(CC(=O)N1c2ccccc2CCC1C)S(=O)(=O)c1ccc(OC)cc1. The van der Waals surface area contributed by atoms with Crippen LogP contribution in [0.4, 0.5) is 5.69 Å². The van der Waals surface area contributed by atoms with E-state index in [2.05, 4.69) is 6.58 Å². The molecule has 0 bridgehead atoms. The summed E-state index contributed by atoms with van der Waals surface area (Å²) in [6, 6.07) is 13.9. The van der Waals surface area contributed by atoms with E-state index in [4.69, 9.17) is 4.74 Å². The van der Waals surface area contributed by atoms with Gasteiger partial charge in [-0.1, -0.05) is 24.3 Å². The van der Waals surface area contributed by atoms with Crippen molar-refractivity contribution in [3.63, 3.8) is 0 Å². The zero-order valence-corrected chi connectivity index (χ0v) is 17.6. The highest BCUT2D eigenvalue weighted by Crippen LogP contribution is 2.31. The van der Waals surface area contributed by atoms with Crippen molar-refractivity contribution in [1.82, 2.24) is 4.31 Å².